The highest BCUT2D eigenvalue weighted by Gasteiger charge is 2.44. The van der Waals surface area contributed by atoms with Crippen LogP contribution in [0.4, 0.5) is 0 Å². The van der Waals surface area contributed by atoms with Crippen LogP contribution in [-0.2, 0) is 0 Å². The summed E-state index contributed by atoms with van der Waals surface area (Å²) in [5, 5.41) is 0. The Labute approximate surface area is 393 Å². The highest BCUT2D eigenvalue weighted by molar-refractivity contribution is 5.66. The van der Waals surface area contributed by atoms with Crippen molar-refractivity contribution in [2.75, 3.05) is 0 Å². The van der Waals surface area contributed by atoms with Gasteiger partial charge in [-0.05, 0) is 228 Å². The Balaban J connectivity index is 0.722. The van der Waals surface area contributed by atoms with Crippen LogP contribution in [0, 0.1) is 41.4 Å². The maximum atomic E-state index is 3.44. The van der Waals surface area contributed by atoms with Crippen molar-refractivity contribution in [3.63, 3.8) is 0 Å². The molecule has 0 N–H and O–H groups in total. The number of hydrogen-bond acceptors (Lipinski definition) is 0. The maximum absolute atomic E-state index is 3.44. The Bertz CT molecular complexity index is 2980. The number of allylic oxidation sites excluding steroid dienone is 34. The summed E-state index contributed by atoms with van der Waals surface area (Å²) < 4.78 is 0. The lowest BCUT2D eigenvalue weighted by atomic mass is 9.57. The monoisotopic (exact) mass is 854 g/mol. The smallest absolute Gasteiger partial charge is 0.0287 e. The summed E-state index contributed by atoms with van der Waals surface area (Å²) in [6.07, 6.45) is 65.2. The number of hydrogen-bond donors (Lipinski definition) is 0. The fourth-order valence-corrected chi connectivity index (χ4v) is 15.4. The molecule has 14 rings (SSSR count). The topological polar surface area (TPSA) is 0 Å². The van der Waals surface area contributed by atoms with Gasteiger partial charge in [0.1, 0.15) is 0 Å². The van der Waals surface area contributed by atoms with Crippen molar-refractivity contribution in [2.24, 2.45) is 41.4 Å². The minimum absolute atomic E-state index is 0.441. The first kappa shape index (κ1) is 39.5. The van der Waals surface area contributed by atoms with Gasteiger partial charge in [0.05, 0.1) is 0 Å². The lowest BCUT2D eigenvalue weighted by molar-refractivity contribution is 0.378. The second-order valence-electron chi connectivity index (χ2n) is 21.8. The number of benzene rings is 1. The van der Waals surface area contributed by atoms with Crippen LogP contribution in [0.25, 0.3) is 0 Å². The lowest BCUT2D eigenvalue weighted by Gasteiger charge is -2.46. The van der Waals surface area contributed by atoms with Gasteiger partial charge in [0.15, 0.2) is 0 Å². The number of fused-ring (bicyclic) bond motifs is 1. The number of rotatable bonds is 6. The van der Waals surface area contributed by atoms with Gasteiger partial charge in [-0.25, -0.2) is 0 Å². The van der Waals surface area contributed by atoms with Gasteiger partial charge >= 0.3 is 0 Å². The molecule has 1 aromatic rings. The van der Waals surface area contributed by atoms with Crippen LogP contribution in [-0.4, -0.2) is 0 Å². The summed E-state index contributed by atoms with van der Waals surface area (Å²) in [6, 6.07) is 10.3. The van der Waals surface area contributed by atoms with Crippen molar-refractivity contribution < 1.29 is 0 Å². The van der Waals surface area contributed by atoms with E-state index in [1.807, 2.05) is 0 Å². The SMILES string of the molecule is C1=C=C2C=CC3C4=C2C(C=1)CC=C4C=CC3C1C=CC(C2=CC(C3=CC=CCC3)CC(c3ccc(C4CCC5=CCC6C(C7=C8C=CCCC8=CCC7)=CC=C7CCC4C5=C76)cc3)C2)=CC1. The molecule has 66 heavy (non-hydrogen) atoms. The van der Waals surface area contributed by atoms with Crippen LogP contribution in [0.2, 0.25) is 0 Å². The van der Waals surface area contributed by atoms with Crippen molar-refractivity contribution in [3.05, 3.63) is 246 Å². The zero-order chi connectivity index (χ0) is 43.3. The van der Waals surface area contributed by atoms with E-state index in [0.29, 0.717) is 53.3 Å². The van der Waals surface area contributed by atoms with E-state index in [4.69, 9.17) is 0 Å². The Morgan fingerprint density at radius 2 is 1.45 bits per heavy atom. The summed E-state index contributed by atoms with van der Waals surface area (Å²) in [5.41, 5.74) is 33.7. The summed E-state index contributed by atoms with van der Waals surface area (Å²) in [6.45, 7) is 0. The molecular weight excluding hydrogens is 793 g/mol. The van der Waals surface area contributed by atoms with E-state index in [2.05, 4.69) is 151 Å². The van der Waals surface area contributed by atoms with E-state index >= 15 is 0 Å². The normalized spacial score (nSPS) is 34.2. The molecular formula is C66H62. The van der Waals surface area contributed by atoms with Crippen LogP contribution < -0.4 is 0 Å². The summed E-state index contributed by atoms with van der Waals surface area (Å²) in [5.74, 6) is 4.70. The standard InChI is InChI=1S/C66H62/c1-2-8-41(9-3-1)52-38-53(42-16-20-45(21-17-42)56-32-26-49-25-24-47-12-6-13-48-29-35-60(56)64(49)63(47)48)40-54(39-52)43-18-22-46(23-19-43)57-33-27-50-31-37-62-59(34-28-51-30-36-61(57)65(50)66(51)62)58-15-7-11-44-10-4-5-14-55(44)58/h1-2,5,8,11-12,14,16-20,22-23,25-26,28-29,31-32,34-35,38,45,47,52,54,56-57,60-62H,3-4,7,9-10,15,21,24,27,30,33,36-37,39-40H2. The van der Waals surface area contributed by atoms with Crippen molar-refractivity contribution in [3.8, 4) is 0 Å². The third-order valence-electron chi connectivity index (χ3n) is 18.6. The highest BCUT2D eigenvalue weighted by atomic mass is 14.5. The van der Waals surface area contributed by atoms with Crippen LogP contribution >= 0.6 is 0 Å². The molecule has 0 radical (unpaired) electrons. The lowest BCUT2D eigenvalue weighted by Crippen LogP contribution is -2.32. The molecule has 0 aliphatic heterocycles. The minimum atomic E-state index is 0.441. The molecule has 1 aromatic carbocycles. The fourth-order valence-electron chi connectivity index (χ4n) is 15.4. The third-order valence-corrected chi connectivity index (χ3v) is 18.6. The van der Waals surface area contributed by atoms with Gasteiger partial charge in [-0.3, -0.25) is 0 Å². The average molecular weight is 855 g/mol. The van der Waals surface area contributed by atoms with Gasteiger partial charge in [-0.1, -0.05) is 145 Å². The van der Waals surface area contributed by atoms with E-state index < -0.39 is 0 Å². The predicted octanol–water partition coefficient (Wildman–Crippen LogP) is 16.5. The first-order chi connectivity index (χ1) is 32.7. The molecule has 0 spiro atoms. The summed E-state index contributed by atoms with van der Waals surface area (Å²) in [7, 11) is 0. The molecule has 0 saturated heterocycles. The second kappa shape index (κ2) is 16.0. The molecule has 13 aliphatic rings. The van der Waals surface area contributed by atoms with E-state index in [-0.39, 0.29) is 0 Å². The van der Waals surface area contributed by atoms with E-state index in [9.17, 15) is 0 Å². The van der Waals surface area contributed by atoms with Crippen LogP contribution in [0.3, 0.4) is 0 Å². The molecule has 1 fully saturated rings. The Morgan fingerprint density at radius 1 is 0.576 bits per heavy atom. The van der Waals surface area contributed by atoms with E-state index in [1.165, 1.54) is 99.3 Å². The largest absolute Gasteiger partial charge is 0.0842 e. The van der Waals surface area contributed by atoms with Gasteiger partial charge in [-0.2, -0.15) is 0 Å². The zero-order valence-corrected chi connectivity index (χ0v) is 38.6. The van der Waals surface area contributed by atoms with Gasteiger partial charge in [0, 0.05) is 23.3 Å². The quantitative estimate of drug-likeness (QED) is 0.250. The zero-order valence-electron chi connectivity index (χ0n) is 38.6. The molecule has 1 saturated carbocycles. The van der Waals surface area contributed by atoms with Gasteiger partial charge in [0.25, 0.3) is 0 Å². The van der Waals surface area contributed by atoms with E-state index in [1.54, 1.807) is 72.4 Å². The molecule has 326 valence electrons. The van der Waals surface area contributed by atoms with Crippen LogP contribution in [0.5, 0.6) is 0 Å². The average Bonchev–Trinajstić information content (AvgIpc) is 3.39. The van der Waals surface area contributed by atoms with Gasteiger partial charge in [-0.15, -0.1) is 0 Å². The highest BCUT2D eigenvalue weighted by Crippen LogP contribution is 2.59. The first-order valence-corrected chi connectivity index (χ1v) is 26.2. The Kier molecular flexibility index (Phi) is 9.59. The maximum Gasteiger partial charge on any atom is 0.0287 e. The van der Waals surface area contributed by atoms with Crippen molar-refractivity contribution >= 4 is 0 Å². The molecule has 9 unspecified atom stereocenters. The molecule has 0 heterocycles. The molecule has 13 aliphatic carbocycles. The Morgan fingerprint density at radius 3 is 2.36 bits per heavy atom. The molecule has 0 aromatic heterocycles. The molecule has 0 nitrogen and oxygen atoms in total. The third kappa shape index (κ3) is 6.46. The summed E-state index contributed by atoms with van der Waals surface area (Å²) >= 11 is 0. The van der Waals surface area contributed by atoms with Crippen molar-refractivity contribution in [1.82, 2.24) is 0 Å². The van der Waals surface area contributed by atoms with Crippen LogP contribution in [0.15, 0.2) is 235 Å². The molecule has 0 amide bonds. The minimum Gasteiger partial charge on any atom is -0.0842 e. The van der Waals surface area contributed by atoms with Crippen LogP contribution in [0.1, 0.15) is 119 Å². The van der Waals surface area contributed by atoms with Crippen molar-refractivity contribution in [2.45, 2.75) is 108 Å². The van der Waals surface area contributed by atoms with E-state index in [0.717, 1.165) is 19.3 Å². The molecule has 9 atom stereocenters. The molecule has 0 heteroatoms. The first-order valence-electron chi connectivity index (χ1n) is 26.2. The summed E-state index contributed by atoms with van der Waals surface area (Å²) in [4.78, 5) is 0. The van der Waals surface area contributed by atoms with Crippen molar-refractivity contribution in [1.29, 1.82) is 0 Å². The second-order valence-corrected chi connectivity index (χ2v) is 21.8. The molecule has 0 bridgehead atoms. The Hall–Kier alpha value is -5.64. The fraction of sp³-hybridized carbons (Fsp3) is 0.364. The predicted molar refractivity (Wildman–Crippen MR) is 272 cm³/mol. The van der Waals surface area contributed by atoms with Gasteiger partial charge < -0.3 is 0 Å². The van der Waals surface area contributed by atoms with Gasteiger partial charge in [0.2, 0.25) is 0 Å².